The van der Waals surface area contributed by atoms with Gasteiger partial charge in [0.2, 0.25) is 16.0 Å². The van der Waals surface area contributed by atoms with Gasteiger partial charge in [0.15, 0.2) is 17.0 Å². The highest BCUT2D eigenvalue weighted by Gasteiger charge is 2.44. The number of benzene rings is 3. The van der Waals surface area contributed by atoms with Gasteiger partial charge in [-0.2, -0.15) is 15.1 Å². The van der Waals surface area contributed by atoms with Gasteiger partial charge >= 0.3 is 6.03 Å². The number of imidazole rings is 1. The van der Waals surface area contributed by atoms with Crippen LogP contribution in [0.4, 0.5) is 22.2 Å². The van der Waals surface area contributed by atoms with Gasteiger partial charge in [-0.25, -0.2) is 23.3 Å². The fourth-order valence-electron chi connectivity index (χ4n) is 7.82. The Morgan fingerprint density at radius 2 is 1.62 bits per heavy atom. The van der Waals surface area contributed by atoms with E-state index in [9.17, 15) is 23.4 Å². The van der Waals surface area contributed by atoms with Crippen LogP contribution >= 0.6 is 12.4 Å². The number of sulfonamides is 1. The Morgan fingerprint density at radius 3 is 2.26 bits per heavy atom. The number of aryl methyl sites for hydroxylation is 1. The summed E-state index contributed by atoms with van der Waals surface area (Å²) in [5.41, 5.74) is 4.76. The summed E-state index contributed by atoms with van der Waals surface area (Å²) in [7, 11) is -3.86. The Morgan fingerprint density at radius 1 is 0.948 bits per heavy atom. The van der Waals surface area contributed by atoms with Crippen molar-refractivity contribution in [3.63, 3.8) is 0 Å². The molecule has 2 unspecified atom stereocenters. The van der Waals surface area contributed by atoms with E-state index in [1.54, 1.807) is 17.2 Å². The van der Waals surface area contributed by atoms with Gasteiger partial charge in [0, 0.05) is 43.5 Å². The van der Waals surface area contributed by atoms with Crippen LogP contribution in [0.3, 0.4) is 0 Å². The average Bonchev–Trinajstić information content (AvgIpc) is 4.03. The number of primary sulfonamides is 1. The number of carbonyl (C=O) groups is 1. The molecule has 5 atom stereocenters. The lowest BCUT2D eigenvalue weighted by atomic mass is 9.91. The quantitative estimate of drug-likeness (QED) is 0.103. The molecule has 7 N–H and O–H groups in total. The van der Waals surface area contributed by atoms with Crippen molar-refractivity contribution in [2.75, 3.05) is 35.2 Å². The fraction of sp³-hybridized carbons (Fsp3) is 0.325. The maximum absolute atomic E-state index is 13.0. The Kier molecular flexibility index (Phi) is 12.0. The molecule has 1 saturated heterocycles. The maximum atomic E-state index is 13.0. The third kappa shape index (κ3) is 8.49. The Balaban J connectivity index is 0.00000512. The van der Waals surface area contributed by atoms with Crippen molar-refractivity contribution in [2.45, 2.75) is 67.3 Å². The number of aliphatic hydroxyl groups is 2. The van der Waals surface area contributed by atoms with E-state index in [-0.39, 0.29) is 29.3 Å². The zero-order chi connectivity index (χ0) is 39.7. The third-order valence-electron chi connectivity index (χ3n) is 10.9. The number of nitrogens with zero attached hydrogens (tertiary/aromatic N) is 7. The Hall–Kier alpha value is -5.59. The van der Waals surface area contributed by atoms with Gasteiger partial charge in [-0.3, -0.25) is 4.68 Å². The largest absolute Gasteiger partial charge is 0.388 e. The molecule has 0 radical (unpaired) electrons. The number of urea groups is 1. The summed E-state index contributed by atoms with van der Waals surface area (Å²) >= 11 is 0. The van der Waals surface area contributed by atoms with Gasteiger partial charge < -0.3 is 35.6 Å². The van der Waals surface area contributed by atoms with E-state index in [4.69, 9.17) is 20.1 Å². The molecule has 16 nitrogen and oxygen atoms in total. The third-order valence-corrected chi connectivity index (χ3v) is 11.8. The Labute approximate surface area is 342 Å². The van der Waals surface area contributed by atoms with Crippen molar-refractivity contribution in [1.29, 1.82) is 0 Å². The first-order valence-electron chi connectivity index (χ1n) is 19.0. The number of carbonyl (C=O) groups excluding carboxylic acids is 1. The van der Waals surface area contributed by atoms with E-state index in [0.29, 0.717) is 61.1 Å². The number of aliphatic hydroxyl groups excluding tert-OH is 2. The summed E-state index contributed by atoms with van der Waals surface area (Å²) < 4.78 is 26.8. The minimum atomic E-state index is -3.86. The molecule has 1 aliphatic heterocycles. The number of aromatic nitrogens is 6. The predicted molar refractivity (Wildman–Crippen MR) is 223 cm³/mol. The molecular formula is C40H46ClN11O5S. The number of anilines is 3. The van der Waals surface area contributed by atoms with Crippen molar-refractivity contribution in [2.24, 2.45) is 5.14 Å². The summed E-state index contributed by atoms with van der Waals surface area (Å²) in [4.78, 5) is 29.7. The fourth-order valence-corrected chi connectivity index (χ4v) is 8.33. The lowest BCUT2D eigenvalue weighted by Crippen LogP contribution is -2.40. The van der Waals surface area contributed by atoms with Crippen molar-refractivity contribution < 1.29 is 23.4 Å². The first-order valence-corrected chi connectivity index (χ1v) is 20.5. The van der Waals surface area contributed by atoms with Crippen LogP contribution in [0.25, 0.3) is 11.2 Å². The number of nitrogens with two attached hydrogens (primary N) is 1. The van der Waals surface area contributed by atoms with E-state index in [0.717, 1.165) is 23.1 Å². The lowest BCUT2D eigenvalue weighted by molar-refractivity contribution is 0.00721. The molecule has 2 amide bonds. The molecular weight excluding hydrogens is 782 g/mol. The molecule has 1 aliphatic carbocycles. The van der Waals surface area contributed by atoms with Crippen LogP contribution in [0.5, 0.6) is 0 Å². The van der Waals surface area contributed by atoms with Crippen molar-refractivity contribution in [3.05, 3.63) is 120 Å². The smallest absolute Gasteiger partial charge is 0.319 e. The average molecular weight is 828 g/mol. The van der Waals surface area contributed by atoms with E-state index in [1.165, 1.54) is 24.3 Å². The lowest BCUT2D eigenvalue weighted by Gasteiger charge is -2.22. The molecule has 3 aromatic carbocycles. The molecule has 0 spiro atoms. The predicted octanol–water partition coefficient (Wildman–Crippen LogP) is 4.21. The van der Waals surface area contributed by atoms with E-state index in [1.807, 2.05) is 59.0 Å². The number of fused-ring (bicyclic) bond motifs is 1. The van der Waals surface area contributed by atoms with Crippen molar-refractivity contribution in [3.8, 4) is 0 Å². The van der Waals surface area contributed by atoms with Crippen LogP contribution in [0.2, 0.25) is 0 Å². The second-order valence-electron chi connectivity index (χ2n) is 14.6. The number of hydrogen-bond donors (Lipinski definition) is 6. The molecule has 8 rings (SSSR count). The molecule has 1 saturated carbocycles. The van der Waals surface area contributed by atoms with Gasteiger partial charge in [0.05, 0.1) is 29.5 Å². The zero-order valence-electron chi connectivity index (χ0n) is 31.7. The van der Waals surface area contributed by atoms with Gasteiger partial charge in [-0.1, -0.05) is 67.6 Å². The summed E-state index contributed by atoms with van der Waals surface area (Å²) in [5, 5.41) is 41.7. The normalized spacial score (nSPS) is 20.6. The van der Waals surface area contributed by atoms with Gasteiger partial charge in [0.25, 0.3) is 0 Å². The SMILES string of the molecule is CCc1cnn([C@H]2C[C@@H](n3cnc4c(NCC(c5ccccc5)c5ccccc5)nc(N5CCC(NC(=O)Nc6ccc(S(N)(=O)=O)cc6)C5)nc43)C(O)[C@@H]2O)c1.Cl. The van der Waals surface area contributed by atoms with Crippen LogP contribution in [-0.4, -0.2) is 91.8 Å². The molecule has 304 valence electrons. The summed E-state index contributed by atoms with van der Waals surface area (Å²) in [6, 6.07) is 24.4. The monoisotopic (exact) mass is 827 g/mol. The zero-order valence-corrected chi connectivity index (χ0v) is 33.3. The van der Waals surface area contributed by atoms with Gasteiger partial charge in [-0.05, 0) is 60.2 Å². The van der Waals surface area contributed by atoms with Crippen LogP contribution in [-0.2, 0) is 16.4 Å². The maximum Gasteiger partial charge on any atom is 0.319 e. The number of halogens is 1. The standard InChI is InChI=1S/C40H45N11O5S.ClH/c1-2-25-20-44-51(22-25)33-19-32(35(52)36(33)53)50-24-43-34-37(42-21-31(26-9-5-3-6-10-26)27-11-7-4-8-12-27)47-39(48-38(34)50)49-18-17-29(23-49)46-40(54)45-28-13-15-30(16-14-28)57(41,55)56;/h3-16,20,22,24,29,31-33,35-36,52-53H,2,17-19,21,23H2,1H3,(H2,41,55,56)(H,42,47,48)(H2,45,46,54);1H/t29?,32-,33+,35?,36-;/m1./s1. The molecule has 2 aliphatic rings. The van der Waals surface area contributed by atoms with Gasteiger partial charge in [0.1, 0.15) is 12.2 Å². The molecule has 4 heterocycles. The molecule has 58 heavy (non-hydrogen) atoms. The highest BCUT2D eigenvalue weighted by molar-refractivity contribution is 7.89. The first-order chi connectivity index (χ1) is 27.6. The number of rotatable bonds is 12. The molecule has 3 aromatic heterocycles. The topological polar surface area (TPSA) is 218 Å². The second-order valence-corrected chi connectivity index (χ2v) is 16.1. The van der Waals surface area contributed by atoms with Crippen LogP contribution < -0.4 is 26.0 Å². The summed E-state index contributed by atoms with van der Waals surface area (Å²) in [6.07, 6.45) is 5.01. The van der Waals surface area contributed by atoms with E-state index >= 15 is 0 Å². The highest BCUT2D eigenvalue weighted by atomic mass is 35.5. The number of amides is 2. The molecule has 18 heteroatoms. The molecule has 0 bridgehead atoms. The van der Waals surface area contributed by atoms with Crippen LogP contribution in [0.15, 0.2) is 109 Å². The molecule has 6 aromatic rings. The van der Waals surface area contributed by atoms with E-state index in [2.05, 4.69) is 45.3 Å². The minimum absolute atomic E-state index is 0. The minimum Gasteiger partial charge on any atom is -0.388 e. The number of nitrogens with one attached hydrogen (secondary N) is 3. The Bertz CT molecular complexity index is 2410. The van der Waals surface area contributed by atoms with Gasteiger partial charge in [-0.15, -0.1) is 12.4 Å². The van der Waals surface area contributed by atoms with Crippen molar-refractivity contribution >= 4 is 57.1 Å². The summed E-state index contributed by atoms with van der Waals surface area (Å²) in [5.74, 6) is 0.939. The van der Waals surface area contributed by atoms with E-state index < -0.39 is 40.3 Å². The molecule has 2 fully saturated rings. The highest BCUT2D eigenvalue weighted by Crippen LogP contribution is 2.40. The second kappa shape index (κ2) is 17.1. The first kappa shape index (κ1) is 40.6. The van der Waals surface area contributed by atoms with Crippen molar-refractivity contribution in [1.82, 2.24) is 34.6 Å². The van der Waals surface area contributed by atoms with Crippen LogP contribution in [0.1, 0.15) is 54.5 Å². The summed E-state index contributed by atoms with van der Waals surface area (Å²) in [6.45, 7) is 3.51. The number of hydrogen-bond acceptors (Lipinski definition) is 11. The van der Waals surface area contributed by atoms with Crippen LogP contribution in [0, 0.1) is 0 Å².